The summed E-state index contributed by atoms with van der Waals surface area (Å²) in [7, 11) is 5.56. The second-order valence-electron chi connectivity index (χ2n) is 6.73. The molecule has 0 saturated heterocycles. The maximum Gasteiger partial charge on any atom is 0.573 e. The van der Waals surface area contributed by atoms with Crippen molar-refractivity contribution < 1.29 is 22.6 Å². The van der Waals surface area contributed by atoms with E-state index in [0.29, 0.717) is 24.7 Å². The number of guanidine groups is 1. The van der Waals surface area contributed by atoms with Crippen LogP contribution in [0.5, 0.6) is 11.5 Å². The highest BCUT2D eigenvalue weighted by Gasteiger charge is 2.31. The van der Waals surface area contributed by atoms with Crippen molar-refractivity contribution in [3.63, 3.8) is 0 Å². The highest BCUT2D eigenvalue weighted by atomic mass is 19.4. The normalized spacial score (nSPS) is 12.0. The Morgan fingerprint density at radius 3 is 2.47 bits per heavy atom. The molecule has 0 fully saturated rings. The largest absolute Gasteiger partial charge is 0.573 e. The van der Waals surface area contributed by atoms with Gasteiger partial charge in [0.15, 0.2) is 5.96 Å². The smallest absolute Gasteiger partial charge is 0.492 e. The van der Waals surface area contributed by atoms with Crippen LogP contribution in [0.1, 0.15) is 11.1 Å². The SMILES string of the molecule is CN=C(NCc1cccc(OCCN(C)C)c1)NCc1ccccc1OC(F)(F)F. The molecule has 0 aromatic heterocycles. The van der Waals surface area contributed by atoms with Crippen molar-refractivity contribution >= 4 is 5.96 Å². The minimum absolute atomic E-state index is 0.125. The van der Waals surface area contributed by atoms with Gasteiger partial charge in [0.25, 0.3) is 0 Å². The van der Waals surface area contributed by atoms with Gasteiger partial charge in [-0.25, -0.2) is 0 Å². The van der Waals surface area contributed by atoms with Gasteiger partial charge in [-0.3, -0.25) is 4.99 Å². The van der Waals surface area contributed by atoms with Gasteiger partial charge in [-0.2, -0.15) is 0 Å². The molecule has 0 spiro atoms. The lowest BCUT2D eigenvalue weighted by molar-refractivity contribution is -0.274. The zero-order valence-corrected chi connectivity index (χ0v) is 17.3. The maximum absolute atomic E-state index is 12.6. The van der Waals surface area contributed by atoms with Crippen molar-refractivity contribution in [2.45, 2.75) is 19.5 Å². The van der Waals surface area contributed by atoms with E-state index in [1.807, 2.05) is 43.3 Å². The summed E-state index contributed by atoms with van der Waals surface area (Å²) >= 11 is 0. The molecular formula is C21H27F3N4O2. The Morgan fingerprint density at radius 2 is 1.77 bits per heavy atom. The van der Waals surface area contributed by atoms with E-state index in [-0.39, 0.29) is 12.3 Å². The van der Waals surface area contributed by atoms with Crippen molar-refractivity contribution in [3.8, 4) is 11.5 Å². The molecule has 0 radical (unpaired) electrons. The molecular weight excluding hydrogens is 397 g/mol. The first kappa shape index (κ1) is 23.3. The minimum atomic E-state index is -4.74. The van der Waals surface area contributed by atoms with Crippen LogP contribution in [0.15, 0.2) is 53.5 Å². The molecule has 0 heterocycles. The molecule has 0 aliphatic heterocycles. The average Bonchev–Trinajstić information content (AvgIpc) is 2.68. The van der Waals surface area contributed by atoms with Crippen LogP contribution in [0.3, 0.4) is 0 Å². The predicted octanol–water partition coefficient (Wildman–Crippen LogP) is 3.39. The predicted molar refractivity (Wildman–Crippen MR) is 111 cm³/mol. The third-order valence-electron chi connectivity index (χ3n) is 4.03. The van der Waals surface area contributed by atoms with Crippen LogP contribution in [0.2, 0.25) is 0 Å². The Hall–Kier alpha value is -2.94. The standard InChI is InChI=1S/C21H27F3N4O2/c1-25-20(27-15-17-8-4-5-10-19(17)30-21(22,23)24)26-14-16-7-6-9-18(13-16)29-12-11-28(2)3/h4-10,13H,11-12,14-15H2,1-3H3,(H2,25,26,27). The summed E-state index contributed by atoms with van der Waals surface area (Å²) in [4.78, 5) is 6.15. The van der Waals surface area contributed by atoms with E-state index in [0.717, 1.165) is 17.9 Å². The quantitative estimate of drug-likeness (QED) is 0.477. The summed E-state index contributed by atoms with van der Waals surface area (Å²) in [6, 6.07) is 13.7. The second kappa shape index (κ2) is 11.3. The Labute approximate surface area is 174 Å². The van der Waals surface area contributed by atoms with Crippen LogP contribution < -0.4 is 20.1 Å². The van der Waals surface area contributed by atoms with Gasteiger partial charge < -0.3 is 25.0 Å². The Balaban J connectivity index is 1.89. The molecule has 30 heavy (non-hydrogen) atoms. The van der Waals surface area contributed by atoms with Crippen molar-refractivity contribution in [2.75, 3.05) is 34.3 Å². The number of para-hydroxylation sites is 1. The molecule has 6 nitrogen and oxygen atoms in total. The number of ether oxygens (including phenoxy) is 2. The number of hydrogen-bond donors (Lipinski definition) is 2. The molecule has 164 valence electrons. The van der Waals surface area contributed by atoms with Gasteiger partial charge in [0, 0.05) is 32.2 Å². The number of alkyl halides is 3. The van der Waals surface area contributed by atoms with E-state index in [2.05, 4.69) is 20.4 Å². The van der Waals surface area contributed by atoms with Crippen molar-refractivity contribution in [1.29, 1.82) is 0 Å². The summed E-state index contributed by atoms with van der Waals surface area (Å²) in [6.07, 6.45) is -4.74. The molecule has 2 N–H and O–H groups in total. The average molecular weight is 424 g/mol. The number of benzene rings is 2. The third-order valence-corrected chi connectivity index (χ3v) is 4.03. The second-order valence-corrected chi connectivity index (χ2v) is 6.73. The van der Waals surface area contributed by atoms with Crippen LogP contribution in [0, 0.1) is 0 Å². The molecule has 0 unspecified atom stereocenters. The molecule has 2 rings (SSSR count). The van der Waals surface area contributed by atoms with E-state index in [1.54, 1.807) is 19.2 Å². The molecule has 2 aromatic rings. The highest BCUT2D eigenvalue weighted by Crippen LogP contribution is 2.26. The fourth-order valence-electron chi connectivity index (χ4n) is 2.55. The number of rotatable bonds is 9. The lowest BCUT2D eigenvalue weighted by Crippen LogP contribution is -2.36. The zero-order chi connectivity index (χ0) is 22.0. The van der Waals surface area contributed by atoms with Gasteiger partial charge in [-0.1, -0.05) is 30.3 Å². The van der Waals surface area contributed by atoms with E-state index in [1.165, 1.54) is 12.1 Å². The molecule has 0 atom stereocenters. The molecule has 0 saturated carbocycles. The first-order chi connectivity index (χ1) is 14.3. The highest BCUT2D eigenvalue weighted by molar-refractivity contribution is 5.79. The fourth-order valence-corrected chi connectivity index (χ4v) is 2.55. The van der Waals surface area contributed by atoms with Gasteiger partial charge in [-0.15, -0.1) is 13.2 Å². The third kappa shape index (κ3) is 8.60. The van der Waals surface area contributed by atoms with E-state index in [4.69, 9.17) is 4.74 Å². The topological polar surface area (TPSA) is 58.1 Å². The Kier molecular flexibility index (Phi) is 8.79. The fraction of sp³-hybridized carbons (Fsp3) is 0.381. The van der Waals surface area contributed by atoms with Gasteiger partial charge in [0.05, 0.1) is 0 Å². The molecule has 0 bridgehead atoms. The van der Waals surface area contributed by atoms with Crippen LogP contribution in [0.4, 0.5) is 13.2 Å². The maximum atomic E-state index is 12.6. The summed E-state index contributed by atoms with van der Waals surface area (Å²) in [6.45, 7) is 2.01. The summed E-state index contributed by atoms with van der Waals surface area (Å²) in [5.74, 6) is 0.989. The number of hydrogen-bond acceptors (Lipinski definition) is 4. The molecule has 0 amide bonds. The van der Waals surface area contributed by atoms with Crippen LogP contribution in [0.25, 0.3) is 0 Å². The minimum Gasteiger partial charge on any atom is -0.492 e. The van der Waals surface area contributed by atoms with Gasteiger partial charge in [0.1, 0.15) is 18.1 Å². The number of nitrogens with zero attached hydrogens (tertiary/aromatic N) is 2. The van der Waals surface area contributed by atoms with Crippen LogP contribution in [-0.2, 0) is 13.1 Å². The summed E-state index contributed by atoms with van der Waals surface area (Å²) in [5.41, 5.74) is 1.36. The molecule has 0 aliphatic rings. The number of halogens is 3. The Morgan fingerprint density at radius 1 is 1.03 bits per heavy atom. The zero-order valence-electron chi connectivity index (χ0n) is 17.3. The first-order valence-electron chi connectivity index (χ1n) is 9.41. The number of likely N-dealkylation sites (N-methyl/N-ethyl adjacent to an activating group) is 1. The molecule has 9 heteroatoms. The van der Waals surface area contributed by atoms with E-state index >= 15 is 0 Å². The van der Waals surface area contributed by atoms with Crippen LogP contribution >= 0.6 is 0 Å². The lowest BCUT2D eigenvalue weighted by atomic mass is 10.2. The summed E-state index contributed by atoms with van der Waals surface area (Å²) in [5, 5.41) is 6.14. The number of aliphatic imine (C=N–C) groups is 1. The van der Waals surface area contributed by atoms with E-state index < -0.39 is 6.36 Å². The lowest BCUT2D eigenvalue weighted by Gasteiger charge is -2.16. The van der Waals surface area contributed by atoms with E-state index in [9.17, 15) is 13.2 Å². The first-order valence-corrected chi connectivity index (χ1v) is 9.41. The molecule has 2 aromatic carbocycles. The van der Waals surface area contributed by atoms with Gasteiger partial charge in [-0.05, 0) is 37.9 Å². The summed E-state index contributed by atoms with van der Waals surface area (Å²) < 4.78 is 47.5. The van der Waals surface area contributed by atoms with Crippen molar-refractivity contribution in [3.05, 3.63) is 59.7 Å². The molecule has 0 aliphatic carbocycles. The Bertz CT molecular complexity index is 826. The van der Waals surface area contributed by atoms with Crippen LogP contribution in [-0.4, -0.2) is 51.5 Å². The van der Waals surface area contributed by atoms with Crippen molar-refractivity contribution in [1.82, 2.24) is 15.5 Å². The number of nitrogens with one attached hydrogen (secondary N) is 2. The van der Waals surface area contributed by atoms with Crippen molar-refractivity contribution in [2.24, 2.45) is 4.99 Å². The van der Waals surface area contributed by atoms with Gasteiger partial charge >= 0.3 is 6.36 Å². The van der Waals surface area contributed by atoms with Gasteiger partial charge in [0.2, 0.25) is 0 Å². The monoisotopic (exact) mass is 424 g/mol.